The lowest BCUT2D eigenvalue weighted by Crippen LogP contribution is -2.49. The number of halogens is 5. The van der Waals surface area contributed by atoms with Crippen molar-refractivity contribution in [3.8, 4) is 0 Å². The summed E-state index contributed by atoms with van der Waals surface area (Å²) in [5.74, 6) is -3.51. The number of carbonyl (C=O) groups excluding carboxylic acids is 2. The molecule has 2 aliphatic heterocycles. The largest absolute Gasteiger partial charge is 0.490 e. The number of alkyl halides is 3. The molecule has 0 aliphatic carbocycles. The fraction of sp³-hybridized carbons (Fsp3) is 0.423. The lowest BCUT2D eigenvalue weighted by Gasteiger charge is -2.41. The Morgan fingerprint density at radius 2 is 1.55 bits per heavy atom. The fourth-order valence-electron chi connectivity index (χ4n) is 4.91. The number of likely N-dealkylation sites (tertiary alicyclic amines) is 1. The number of rotatable bonds is 5. The van der Waals surface area contributed by atoms with Crippen LogP contribution in [0.4, 0.5) is 22.0 Å². The maximum Gasteiger partial charge on any atom is 0.490 e. The molecule has 0 bridgehead atoms. The van der Waals surface area contributed by atoms with Gasteiger partial charge in [0.2, 0.25) is 5.91 Å². The zero-order valence-electron chi connectivity index (χ0n) is 20.5. The molecular formula is C26H28F5N3O4. The van der Waals surface area contributed by atoms with Crippen LogP contribution in [0.2, 0.25) is 0 Å². The van der Waals surface area contributed by atoms with Crippen molar-refractivity contribution in [3.05, 3.63) is 71.3 Å². The van der Waals surface area contributed by atoms with E-state index in [0.717, 1.165) is 31.5 Å². The summed E-state index contributed by atoms with van der Waals surface area (Å²) in [4.78, 5) is 36.3. The summed E-state index contributed by atoms with van der Waals surface area (Å²) in [6.07, 6.45) is -3.64. The van der Waals surface area contributed by atoms with Crippen LogP contribution in [-0.2, 0) is 9.59 Å². The predicted molar refractivity (Wildman–Crippen MR) is 127 cm³/mol. The van der Waals surface area contributed by atoms with E-state index in [1.165, 1.54) is 36.4 Å². The fourth-order valence-corrected chi connectivity index (χ4v) is 4.91. The Hall–Kier alpha value is -3.54. The van der Waals surface area contributed by atoms with Gasteiger partial charge in [-0.2, -0.15) is 13.2 Å². The summed E-state index contributed by atoms with van der Waals surface area (Å²) in [5, 5.41) is 13.1. The minimum atomic E-state index is -5.08. The minimum absolute atomic E-state index is 0.0401. The number of piperidine rings is 1. The van der Waals surface area contributed by atoms with E-state index >= 15 is 0 Å². The zero-order valence-corrected chi connectivity index (χ0v) is 20.5. The third kappa shape index (κ3) is 7.06. The molecule has 0 saturated carbocycles. The monoisotopic (exact) mass is 541 g/mol. The van der Waals surface area contributed by atoms with Gasteiger partial charge in [-0.25, -0.2) is 13.6 Å². The number of hydrogen-bond donors (Lipinski definition) is 3. The summed E-state index contributed by atoms with van der Waals surface area (Å²) >= 11 is 0. The first-order chi connectivity index (χ1) is 17.8. The third-order valence-electron chi connectivity index (χ3n) is 6.87. The van der Waals surface area contributed by atoms with Gasteiger partial charge < -0.3 is 20.6 Å². The highest BCUT2D eigenvalue weighted by Crippen LogP contribution is 2.47. The van der Waals surface area contributed by atoms with E-state index in [4.69, 9.17) is 9.90 Å². The number of benzene rings is 2. The molecular weight excluding hydrogens is 513 g/mol. The van der Waals surface area contributed by atoms with Crippen LogP contribution >= 0.6 is 0 Å². The molecule has 0 aromatic heterocycles. The zero-order chi connectivity index (χ0) is 28.1. The molecule has 206 valence electrons. The molecule has 1 spiro atoms. The molecule has 3 N–H and O–H groups in total. The topological polar surface area (TPSA) is 98.7 Å². The van der Waals surface area contributed by atoms with Crippen LogP contribution in [-0.4, -0.2) is 66.2 Å². The van der Waals surface area contributed by atoms with E-state index < -0.39 is 17.6 Å². The summed E-state index contributed by atoms with van der Waals surface area (Å²) in [6.45, 7) is 4.69. The van der Waals surface area contributed by atoms with E-state index in [1.54, 1.807) is 12.1 Å². The molecule has 7 nitrogen and oxygen atoms in total. The van der Waals surface area contributed by atoms with E-state index in [2.05, 4.69) is 15.5 Å². The molecule has 2 aliphatic rings. The van der Waals surface area contributed by atoms with Gasteiger partial charge in [-0.15, -0.1) is 0 Å². The first-order valence-corrected chi connectivity index (χ1v) is 11.9. The Labute approximate surface area is 216 Å². The molecule has 2 atom stereocenters. The second-order valence-electron chi connectivity index (χ2n) is 9.46. The Kier molecular flexibility index (Phi) is 9.08. The van der Waals surface area contributed by atoms with E-state index in [0.29, 0.717) is 18.7 Å². The average molecular weight is 542 g/mol. The van der Waals surface area contributed by atoms with Gasteiger partial charge >= 0.3 is 12.1 Å². The number of aliphatic carboxylic acids is 1. The predicted octanol–water partition coefficient (Wildman–Crippen LogP) is 3.71. The van der Waals surface area contributed by atoms with Gasteiger partial charge in [0.1, 0.15) is 11.6 Å². The SMILES string of the molecule is C[C@@H](CN1CCC2(CC1)C(=O)NC[C@H]2c1ccc(F)cc1)NC(=O)c1ccc(F)cc1.O=C(O)C(F)(F)F. The van der Waals surface area contributed by atoms with Gasteiger partial charge in [-0.1, -0.05) is 12.1 Å². The Balaban J connectivity index is 0.000000505. The normalized spacial score (nSPS) is 19.7. The summed E-state index contributed by atoms with van der Waals surface area (Å²) in [7, 11) is 0. The van der Waals surface area contributed by atoms with E-state index in [1.807, 2.05) is 6.92 Å². The summed E-state index contributed by atoms with van der Waals surface area (Å²) in [6, 6.07) is 11.9. The highest BCUT2D eigenvalue weighted by molar-refractivity contribution is 5.94. The van der Waals surface area contributed by atoms with E-state index in [9.17, 15) is 31.5 Å². The standard InChI is InChI=1S/C24H27F2N3O2.C2HF3O2/c1-16(28-22(30)18-4-8-20(26)9-5-18)15-29-12-10-24(11-13-29)21(14-27-23(24)31)17-2-6-19(25)7-3-17;3-2(4,5)1(6)7/h2-9,16,21H,10-15H2,1H3,(H,27,31)(H,28,30);(H,6,7)/t16-,21-;/m0./s1. The number of nitrogens with zero attached hydrogens (tertiary/aromatic N) is 1. The Morgan fingerprint density at radius 1 is 1.05 bits per heavy atom. The number of amides is 2. The van der Waals surface area contributed by atoms with Crippen molar-refractivity contribution in [2.75, 3.05) is 26.2 Å². The molecule has 2 saturated heterocycles. The molecule has 2 aromatic carbocycles. The molecule has 2 amide bonds. The van der Waals surface area contributed by atoms with Crippen LogP contribution < -0.4 is 10.6 Å². The molecule has 2 fully saturated rings. The van der Waals surface area contributed by atoms with Gasteiger partial charge in [0.15, 0.2) is 0 Å². The van der Waals surface area contributed by atoms with Crippen molar-refractivity contribution in [3.63, 3.8) is 0 Å². The van der Waals surface area contributed by atoms with Crippen LogP contribution in [0.25, 0.3) is 0 Å². The Bertz CT molecular complexity index is 1130. The number of carbonyl (C=O) groups is 3. The second-order valence-corrected chi connectivity index (χ2v) is 9.46. The lowest BCUT2D eigenvalue weighted by molar-refractivity contribution is -0.192. The van der Waals surface area contributed by atoms with Crippen molar-refractivity contribution < 1.29 is 41.4 Å². The molecule has 2 heterocycles. The molecule has 38 heavy (non-hydrogen) atoms. The van der Waals surface area contributed by atoms with Crippen LogP contribution in [0.5, 0.6) is 0 Å². The van der Waals surface area contributed by atoms with Gasteiger partial charge in [-0.3, -0.25) is 9.59 Å². The van der Waals surface area contributed by atoms with Crippen molar-refractivity contribution >= 4 is 17.8 Å². The smallest absolute Gasteiger partial charge is 0.475 e. The van der Waals surface area contributed by atoms with Crippen molar-refractivity contribution in [1.82, 2.24) is 15.5 Å². The first kappa shape index (κ1) is 29.0. The van der Waals surface area contributed by atoms with Crippen molar-refractivity contribution in [2.45, 2.75) is 37.9 Å². The van der Waals surface area contributed by atoms with Crippen molar-refractivity contribution in [2.24, 2.45) is 5.41 Å². The molecule has 4 rings (SSSR count). The maximum absolute atomic E-state index is 13.3. The van der Waals surface area contributed by atoms with Gasteiger partial charge in [0.05, 0.1) is 5.41 Å². The molecule has 12 heteroatoms. The highest BCUT2D eigenvalue weighted by atomic mass is 19.4. The first-order valence-electron chi connectivity index (χ1n) is 11.9. The quantitative estimate of drug-likeness (QED) is 0.502. The molecule has 0 radical (unpaired) electrons. The Morgan fingerprint density at radius 3 is 2.05 bits per heavy atom. The van der Waals surface area contributed by atoms with Crippen LogP contribution in [0, 0.1) is 17.0 Å². The number of carboxylic acids is 1. The summed E-state index contributed by atoms with van der Waals surface area (Å²) < 4.78 is 58.1. The number of carboxylic acid groups (broad SMARTS) is 1. The number of nitrogens with one attached hydrogen (secondary N) is 2. The van der Waals surface area contributed by atoms with Gasteiger partial charge in [0.25, 0.3) is 5.91 Å². The van der Waals surface area contributed by atoms with Crippen molar-refractivity contribution in [1.29, 1.82) is 0 Å². The van der Waals surface area contributed by atoms with Gasteiger partial charge in [0, 0.05) is 30.6 Å². The lowest BCUT2D eigenvalue weighted by atomic mass is 9.68. The second kappa shape index (κ2) is 11.9. The highest BCUT2D eigenvalue weighted by Gasteiger charge is 2.51. The van der Waals surface area contributed by atoms with Crippen LogP contribution in [0.3, 0.4) is 0 Å². The third-order valence-corrected chi connectivity index (χ3v) is 6.87. The number of hydrogen-bond acceptors (Lipinski definition) is 4. The minimum Gasteiger partial charge on any atom is -0.475 e. The van der Waals surface area contributed by atoms with Gasteiger partial charge in [-0.05, 0) is 74.8 Å². The molecule has 0 unspecified atom stereocenters. The summed E-state index contributed by atoms with van der Waals surface area (Å²) in [5.41, 5.74) is 0.957. The maximum atomic E-state index is 13.3. The van der Waals surface area contributed by atoms with E-state index in [-0.39, 0.29) is 35.4 Å². The van der Waals surface area contributed by atoms with Crippen LogP contribution in [0.1, 0.15) is 41.6 Å². The van der Waals surface area contributed by atoms with Crippen LogP contribution in [0.15, 0.2) is 48.5 Å². The average Bonchev–Trinajstić information content (AvgIpc) is 3.16. The molecule has 2 aromatic rings.